The van der Waals surface area contributed by atoms with Crippen LogP contribution < -0.4 is 15.8 Å². The van der Waals surface area contributed by atoms with Gasteiger partial charge in [-0.15, -0.1) is 0 Å². The Morgan fingerprint density at radius 1 is 1.12 bits per heavy atom. The summed E-state index contributed by atoms with van der Waals surface area (Å²) in [6.45, 7) is 1.06. The Hall–Kier alpha value is -2.40. The SMILES string of the molecule is NCC1(CC(=O)NCc2ccc(Oc3ccccc3)nc2)CCCCC1. The molecule has 138 valence electrons. The second-order valence-corrected chi connectivity index (χ2v) is 7.14. The van der Waals surface area contributed by atoms with Gasteiger partial charge in [0.2, 0.25) is 11.8 Å². The number of nitrogens with zero attached hydrogens (tertiary/aromatic N) is 1. The summed E-state index contributed by atoms with van der Waals surface area (Å²) in [5.74, 6) is 1.36. The van der Waals surface area contributed by atoms with Crippen LogP contribution in [0.1, 0.15) is 44.1 Å². The van der Waals surface area contributed by atoms with Crippen LogP contribution in [-0.2, 0) is 11.3 Å². The number of nitrogens with two attached hydrogens (primary N) is 1. The summed E-state index contributed by atoms with van der Waals surface area (Å²) in [5.41, 5.74) is 6.91. The van der Waals surface area contributed by atoms with Crippen LogP contribution >= 0.6 is 0 Å². The molecule has 1 amide bonds. The van der Waals surface area contributed by atoms with Gasteiger partial charge in [-0.3, -0.25) is 4.79 Å². The van der Waals surface area contributed by atoms with Crippen LogP contribution in [0.15, 0.2) is 48.7 Å². The molecule has 5 heteroatoms. The molecule has 0 unspecified atom stereocenters. The largest absolute Gasteiger partial charge is 0.439 e. The average Bonchev–Trinajstić information content (AvgIpc) is 2.69. The molecule has 3 rings (SSSR count). The van der Waals surface area contributed by atoms with Crippen molar-refractivity contribution >= 4 is 5.91 Å². The van der Waals surface area contributed by atoms with Crippen LogP contribution in [0.5, 0.6) is 11.6 Å². The number of benzene rings is 1. The Kier molecular flexibility index (Phi) is 6.23. The second-order valence-electron chi connectivity index (χ2n) is 7.14. The van der Waals surface area contributed by atoms with Crippen molar-refractivity contribution in [2.24, 2.45) is 11.1 Å². The molecule has 1 aromatic heterocycles. The van der Waals surface area contributed by atoms with E-state index in [1.165, 1.54) is 19.3 Å². The highest BCUT2D eigenvalue weighted by atomic mass is 16.5. The quantitative estimate of drug-likeness (QED) is 0.794. The summed E-state index contributed by atoms with van der Waals surface area (Å²) in [7, 11) is 0. The first-order valence-corrected chi connectivity index (χ1v) is 9.34. The Balaban J connectivity index is 1.49. The molecule has 0 bridgehead atoms. The molecule has 0 aliphatic heterocycles. The van der Waals surface area contributed by atoms with E-state index in [1.54, 1.807) is 6.20 Å². The zero-order valence-electron chi connectivity index (χ0n) is 15.1. The number of ether oxygens (including phenoxy) is 1. The van der Waals surface area contributed by atoms with E-state index in [0.29, 0.717) is 25.4 Å². The second kappa shape index (κ2) is 8.81. The standard InChI is InChI=1S/C21H27N3O2/c22-16-21(11-5-2-6-12-21)13-19(25)23-14-17-9-10-20(24-15-17)26-18-7-3-1-4-8-18/h1,3-4,7-10,15H,2,5-6,11-14,16,22H2,(H,23,25). The zero-order chi connectivity index (χ0) is 18.2. The fourth-order valence-electron chi connectivity index (χ4n) is 3.54. The van der Waals surface area contributed by atoms with Gasteiger partial charge >= 0.3 is 0 Å². The number of rotatable bonds is 7. The van der Waals surface area contributed by atoms with Crippen LogP contribution in [-0.4, -0.2) is 17.4 Å². The lowest BCUT2D eigenvalue weighted by Crippen LogP contribution is -2.38. The molecule has 5 nitrogen and oxygen atoms in total. The molecule has 3 N–H and O–H groups in total. The highest BCUT2D eigenvalue weighted by Crippen LogP contribution is 2.38. The molecule has 1 heterocycles. The van der Waals surface area contributed by atoms with Gasteiger partial charge in [0.05, 0.1) is 0 Å². The summed E-state index contributed by atoms with van der Waals surface area (Å²) < 4.78 is 5.67. The number of carbonyl (C=O) groups is 1. The minimum Gasteiger partial charge on any atom is -0.439 e. The van der Waals surface area contributed by atoms with Crippen molar-refractivity contribution in [3.63, 3.8) is 0 Å². The molecular formula is C21H27N3O2. The number of pyridine rings is 1. The third-order valence-electron chi connectivity index (χ3n) is 5.14. The van der Waals surface area contributed by atoms with Gasteiger partial charge in [0, 0.05) is 25.2 Å². The number of hydrogen-bond donors (Lipinski definition) is 2. The van der Waals surface area contributed by atoms with Crippen LogP contribution in [0, 0.1) is 5.41 Å². The third-order valence-corrected chi connectivity index (χ3v) is 5.14. The maximum atomic E-state index is 12.3. The highest BCUT2D eigenvalue weighted by Gasteiger charge is 2.32. The summed E-state index contributed by atoms with van der Waals surface area (Å²) in [6.07, 6.45) is 7.99. The molecule has 26 heavy (non-hydrogen) atoms. The Labute approximate surface area is 155 Å². The molecule has 0 spiro atoms. The van der Waals surface area contributed by atoms with Crippen molar-refractivity contribution in [3.05, 3.63) is 54.2 Å². The first kappa shape index (κ1) is 18.4. The molecule has 1 aromatic carbocycles. The van der Waals surface area contributed by atoms with Crippen molar-refractivity contribution < 1.29 is 9.53 Å². The molecule has 1 saturated carbocycles. The van der Waals surface area contributed by atoms with E-state index >= 15 is 0 Å². The number of amides is 1. The molecule has 0 saturated heterocycles. The number of nitrogens with one attached hydrogen (secondary N) is 1. The maximum absolute atomic E-state index is 12.3. The summed E-state index contributed by atoms with van der Waals surface area (Å²) in [6, 6.07) is 13.3. The van der Waals surface area contributed by atoms with Gasteiger partial charge in [-0.2, -0.15) is 0 Å². The first-order valence-electron chi connectivity index (χ1n) is 9.34. The Bertz CT molecular complexity index is 695. The number of para-hydroxylation sites is 1. The van der Waals surface area contributed by atoms with E-state index < -0.39 is 0 Å². The van der Waals surface area contributed by atoms with E-state index in [0.717, 1.165) is 24.2 Å². The minimum absolute atomic E-state index is 0.00599. The zero-order valence-corrected chi connectivity index (χ0v) is 15.1. The van der Waals surface area contributed by atoms with E-state index in [1.807, 2.05) is 42.5 Å². The molecule has 1 fully saturated rings. The van der Waals surface area contributed by atoms with Crippen LogP contribution in [0.4, 0.5) is 0 Å². The van der Waals surface area contributed by atoms with Gasteiger partial charge in [0.25, 0.3) is 0 Å². The lowest BCUT2D eigenvalue weighted by atomic mass is 9.71. The smallest absolute Gasteiger partial charge is 0.220 e. The molecule has 1 aliphatic carbocycles. The Morgan fingerprint density at radius 2 is 1.88 bits per heavy atom. The van der Waals surface area contributed by atoms with Gasteiger partial charge < -0.3 is 15.8 Å². The maximum Gasteiger partial charge on any atom is 0.220 e. The predicted octanol–water partition coefficient (Wildman–Crippen LogP) is 3.79. The fraction of sp³-hybridized carbons (Fsp3) is 0.429. The van der Waals surface area contributed by atoms with Gasteiger partial charge in [-0.1, -0.05) is 43.5 Å². The first-order chi connectivity index (χ1) is 12.7. The van der Waals surface area contributed by atoms with Gasteiger partial charge in [-0.25, -0.2) is 4.98 Å². The minimum atomic E-state index is -0.00599. The summed E-state index contributed by atoms with van der Waals surface area (Å²) in [5, 5.41) is 3.00. The summed E-state index contributed by atoms with van der Waals surface area (Å²) >= 11 is 0. The van der Waals surface area contributed by atoms with E-state index in [2.05, 4.69) is 10.3 Å². The molecular weight excluding hydrogens is 326 g/mol. The van der Waals surface area contributed by atoms with Crippen molar-refractivity contribution in [3.8, 4) is 11.6 Å². The molecule has 0 radical (unpaired) electrons. The van der Waals surface area contributed by atoms with Crippen LogP contribution in [0.2, 0.25) is 0 Å². The highest BCUT2D eigenvalue weighted by molar-refractivity contribution is 5.76. The summed E-state index contributed by atoms with van der Waals surface area (Å²) in [4.78, 5) is 16.6. The van der Waals surface area contributed by atoms with E-state index in [-0.39, 0.29) is 11.3 Å². The van der Waals surface area contributed by atoms with E-state index in [4.69, 9.17) is 10.5 Å². The normalized spacial score (nSPS) is 16.0. The predicted molar refractivity (Wildman–Crippen MR) is 102 cm³/mol. The Morgan fingerprint density at radius 3 is 2.54 bits per heavy atom. The number of carbonyl (C=O) groups excluding carboxylic acids is 1. The van der Waals surface area contributed by atoms with Crippen LogP contribution in [0.25, 0.3) is 0 Å². The third kappa shape index (κ3) is 5.05. The van der Waals surface area contributed by atoms with Gasteiger partial charge in [-0.05, 0) is 42.5 Å². The van der Waals surface area contributed by atoms with Gasteiger partial charge in [0.15, 0.2) is 0 Å². The van der Waals surface area contributed by atoms with Crippen molar-refractivity contribution in [1.82, 2.24) is 10.3 Å². The average molecular weight is 353 g/mol. The van der Waals surface area contributed by atoms with Crippen molar-refractivity contribution in [1.29, 1.82) is 0 Å². The molecule has 1 aliphatic rings. The van der Waals surface area contributed by atoms with Crippen LogP contribution in [0.3, 0.4) is 0 Å². The molecule has 0 atom stereocenters. The van der Waals surface area contributed by atoms with E-state index in [9.17, 15) is 4.79 Å². The lowest BCUT2D eigenvalue weighted by molar-refractivity contribution is -0.124. The van der Waals surface area contributed by atoms with Crippen molar-refractivity contribution in [2.45, 2.75) is 45.1 Å². The number of hydrogen-bond acceptors (Lipinski definition) is 4. The number of aromatic nitrogens is 1. The monoisotopic (exact) mass is 353 g/mol. The fourth-order valence-corrected chi connectivity index (χ4v) is 3.54. The van der Waals surface area contributed by atoms with Crippen molar-refractivity contribution in [2.75, 3.05) is 6.54 Å². The van der Waals surface area contributed by atoms with Gasteiger partial charge in [0.1, 0.15) is 5.75 Å². The lowest BCUT2D eigenvalue weighted by Gasteiger charge is -2.35. The molecule has 2 aromatic rings. The topological polar surface area (TPSA) is 77.2 Å².